The SMILES string of the molecule is CN1CCCCC1CN1CCNCC(C)(C)C1. The van der Waals surface area contributed by atoms with Crippen molar-refractivity contribution < 1.29 is 0 Å². The minimum absolute atomic E-state index is 0.420. The predicted octanol–water partition coefficient (Wildman–Crippen LogP) is 1.40. The van der Waals surface area contributed by atoms with Crippen LogP contribution in [0.2, 0.25) is 0 Å². The van der Waals surface area contributed by atoms with E-state index < -0.39 is 0 Å². The summed E-state index contributed by atoms with van der Waals surface area (Å²) in [6.07, 6.45) is 4.20. The number of nitrogens with zero attached hydrogens (tertiary/aromatic N) is 2. The molecule has 3 heteroatoms. The summed E-state index contributed by atoms with van der Waals surface area (Å²) in [6.45, 7) is 12.1. The summed E-state index contributed by atoms with van der Waals surface area (Å²) in [4.78, 5) is 5.24. The molecule has 17 heavy (non-hydrogen) atoms. The molecule has 2 fully saturated rings. The Morgan fingerprint density at radius 3 is 2.82 bits per heavy atom. The zero-order valence-corrected chi connectivity index (χ0v) is 11.8. The van der Waals surface area contributed by atoms with Crippen molar-refractivity contribution in [1.29, 1.82) is 0 Å². The van der Waals surface area contributed by atoms with Crippen molar-refractivity contribution in [3.63, 3.8) is 0 Å². The Balaban J connectivity index is 1.88. The minimum Gasteiger partial charge on any atom is -0.315 e. The maximum Gasteiger partial charge on any atom is 0.0220 e. The fraction of sp³-hybridized carbons (Fsp3) is 1.00. The molecule has 1 atom stereocenters. The van der Waals surface area contributed by atoms with Gasteiger partial charge in [-0.15, -0.1) is 0 Å². The molecule has 1 N–H and O–H groups in total. The largest absolute Gasteiger partial charge is 0.315 e. The lowest BCUT2D eigenvalue weighted by atomic mass is 9.92. The van der Waals surface area contributed by atoms with Gasteiger partial charge in [-0.25, -0.2) is 0 Å². The average molecular weight is 239 g/mol. The molecule has 0 saturated carbocycles. The summed E-state index contributed by atoms with van der Waals surface area (Å²) in [5.41, 5.74) is 0.420. The third kappa shape index (κ3) is 3.94. The van der Waals surface area contributed by atoms with Gasteiger partial charge in [0.25, 0.3) is 0 Å². The van der Waals surface area contributed by atoms with Crippen LogP contribution in [0.1, 0.15) is 33.1 Å². The van der Waals surface area contributed by atoms with Gasteiger partial charge in [0.2, 0.25) is 0 Å². The van der Waals surface area contributed by atoms with E-state index in [1.807, 2.05) is 0 Å². The van der Waals surface area contributed by atoms with E-state index in [1.165, 1.54) is 45.4 Å². The highest BCUT2D eigenvalue weighted by molar-refractivity contribution is 4.84. The Morgan fingerprint density at radius 2 is 2.06 bits per heavy atom. The van der Waals surface area contributed by atoms with Crippen LogP contribution in [0.4, 0.5) is 0 Å². The molecule has 0 radical (unpaired) electrons. The predicted molar refractivity (Wildman–Crippen MR) is 73.4 cm³/mol. The van der Waals surface area contributed by atoms with Gasteiger partial charge < -0.3 is 10.2 Å². The summed E-state index contributed by atoms with van der Waals surface area (Å²) in [5, 5.41) is 3.56. The molecular formula is C14H29N3. The molecule has 2 saturated heterocycles. The lowest BCUT2D eigenvalue weighted by molar-refractivity contribution is 0.113. The second-order valence-corrected chi connectivity index (χ2v) is 6.71. The van der Waals surface area contributed by atoms with E-state index in [2.05, 4.69) is 36.0 Å². The van der Waals surface area contributed by atoms with Crippen LogP contribution < -0.4 is 5.32 Å². The molecule has 2 heterocycles. The summed E-state index contributed by atoms with van der Waals surface area (Å²) in [7, 11) is 2.30. The first-order chi connectivity index (χ1) is 8.07. The van der Waals surface area contributed by atoms with Crippen molar-refractivity contribution in [2.75, 3.05) is 46.3 Å². The van der Waals surface area contributed by atoms with Crippen LogP contribution in [0.15, 0.2) is 0 Å². The van der Waals surface area contributed by atoms with E-state index in [4.69, 9.17) is 0 Å². The van der Waals surface area contributed by atoms with E-state index in [9.17, 15) is 0 Å². The number of hydrogen-bond acceptors (Lipinski definition) is 3. The van der Waals surface area contributed by atoms with Gasteiger partial charge in [-0.2, -0.15) is 0 Å². The highest BCUT2D eigenvalue weighted by Gasteiger charge is 2.27. The fourth-order valence-corrected chi connectivity index (χ4v) is 3.23. The second kappa shape index (κ2) is 5.68. The van der Waals surface area contributed by atoms with Crippen molar-refractivity contribution in [3.05, 3.63) is 0 Å². The van der Waals surface area contributed by atoms with Crippen LogP contribution in [0.5, 0.6) is 0 Å². The van der Waals surface area contributed by atoms with Gasteiger partial charge in [-0.1, -0.05) is 20.3 Å². The Bertz CT molecular complexity index is 240. The molecule has 2 rings (SSSR count). The molecule has 3 nitrogen and oxygen atoms in total. The number of rotatable bonds is 2. The van der Waals surface area contributed by atoms with Crippen LogP contribution in [-0.4, -0.2) is 62.2 Å². The number of piperidine rings is 1. The molecule has 0 amide bonds. The van der Waals surface area contributed by atoms with Gasteiger partial charge in [0.1, 0.15) is 0 Å². The van der Waals surface area contributed by atoms with Gasteiger partial charge >= 0.3 is 0 Å². The number of hydrogen-bond donors (Lipinski definition) is 1. The standard InChI is InChI=1S/C14H29N3/c1-14(2)11-15-7-9-17(12-14)10-13-6-4-5-8-16(13)3/h13,15H,4-12H2,1-3H3. The molecule has 0 aromatic rings. The van der Waals surface area contributed by atoms with E-state index >= 15 is 0 Å². The highest BCUT2D eigenvalue weighted by Crippen LogP contribution is 2.21. The lowest BCUT2D eigenvalue weighted by Gasteiger charge is -2.37. The van der Waals surface area contributed by atoms with Gasteiger partial charge in [-0.3, -0.25) is 4.90 Å². The Kier molecular flexibility index (Phi) is 4.45. The van der Waals surface area contributed by atoms with Crippen LogP contribution >= 0.6 is 0 Å². The van der Waals surface area contributed by atoms with Crippen LogP contribution in [0.25, 0.3) is 0 Å². The van der Waals surface area contributed by atoms with E-state index in [-0.39, 0.29) is 0 Å². The topological polar surface area (TPSA) is 18.5 Å². The van der Waals surface area contributed by atoms with Gasteiger partial charge in [0.05, 0.1) is 0 Å². The smallest absolute Gasteiger partial charge is 0.0220 e. The highest BCUT2D eigenvalue weighted by atomic mass is 15.2. The summed E-state index contributed by atoms with van der Waals surface area (Å²) >= 11 is 0. The van der Waals surface area contributed by atoms with Crippen molar-refractivity contribution in [2.24, 2.45) is 5.41 Å². The number of likely N-dealkylation sites (N-methyl/N-ethyl adjacent to an activating group) is 1. The number of likely N-dealkylation sites (tertiary alicyclic amines) is 1. The molecule has 0 aromatic carbocycles. The molecule has 2 aliphatic rings. The van der Waals surface area contributed by atoms with Gasteiger partial charge in [0.15, 0.2) is 0 Å². The van der Waals surface area contributed by atoms with E-state index in [0.29, 0.717) is 5.41 Å². The molecule has 2 aliphatic heterocycles. The minimum atomic E-state index is 0.420. The van der Waals surface area contributed by atoms with E-state index in [1.54, 1.807) is 0 Å². The monoisotopic (exact) mass is 239 g/mol. The second-order valence-electron chi connectivity index (χ2n) is 6.71. The maximum atomic E-state index is 3.56. The quantitative estimate of drug-likeness (QED) is 0.786. The third-order valence-corrected chi connectivity index (χ3v) is 4.25. The third-order valence-electron chi connectivity index (χ3n) is 4.25. The Morgan fingerprint density at radius 1 is 1.24 bits per heavy atom. The van der Waals surface area contributed by atoms with E-state index in [0.717, 1.165) is 19.1 Å². The maximum absolute atomic E-state index is 3.56. The van der Waals surface area contributed by atoms with Crippen molar-refractivity contribution in [3.8, 4) is 0 Å². The first-order valence-electron chi connectivity index (χ1n) is 7.20. The Hall–Kier alpha value is -0.120. The molecular weight excluding hydrogens is 210 g/mol. The Labute approximate surface area is 107 Å². The van der Waals surface area contributed by atoms with Crippen LogP contribution in [0, 0.1) is 5.41 Å². The summed E-state index contributed by atoms with van der Waals surface area (Å²) < 4.78 is 0. The van der Waals surface area contributed by atoms with Crippen LogP contribution in [-0.2, 0) is 0 Å². The number of nitrogens with one attached hydrogen (secondary N) is 1. The molecule has 0 bridgehead atoms. The lowest BCUT2D eigenvalue weighted by Crippen LogP contribution is -2.47. The molecule has 1 unspecified atom stereocenters. The van der Waals surface area contributed by atoms with Gasteiger partial charge in [0, 0.05) is 38.8 Å². The van der Waals surface area contributed by atoms with Crippen LogP contribution in [0.3, 0.4) is 0 Å². The zero-order chi connectivity index (χ0) is 12.3. The van der Waals surface area contributed by atoms with Crippen molar-refractivity contribution in [2.45, 2.75) is 39.2 Å². The first kappa shape index (κ1) is 13.3. The first-order valence-corrected chi connectivity index (χ1v) is 7.20. The van der Waals surface area contributed by atoms with Crippen molar-refractivity contribution >= 4 is 0 Å². The van der Waals surface area contributed by atoms with Crippen molar-refractivity contribution in [1.82, 2.24) is 15.1 Å². The average Bonchev–Trinajstić information content (AvgIpc) is 2.43. The normalized spacial score (nSPS) is 32.3. The summed E-state index contributed by atoms with van der Waals surface area (Å²) in [6, 6.07) is 0.789. The molecule has 100 valence electrons. The zero-order valence-electron chi connectivity index (χ0n) is 11.8. The molecule has 0 aliphatic carbocycles. The van der Waals surface area contributed by atoms with Gasteiger partial charge in [-0.05, 0) is 31.8 Å². The fourth-order valence-electron chi connectivity index (χ4n) is 3.23. The molecule has 0 spiro atoms. The molecule has 0 aromatic heterocycles. The summed E-state index contributed by atoms with van der Waals surface area (Å²) in [5.74, 6) is 0.